The molecule has 94 valence electrons. The van der Waals surface area contributed by atoms with E-state index in [1.165, 1.54) is 10.9 Å². The highest BCUT2D eigenvalue weighted by atomic mass is 16.5. The SMILES string of the molecule is CCOC(=O)Cn1cc(C(=O)OCC)c(C)n1. The molecule has 0 atom stereocenters. The maximum Gasteiger partial charge on any atom is 0.341 e. The van der Waals surface area contributed by atoms with E-state index < -0.39 is 5.97 Å². The third kappa shape index (κ3) is 3.58. The number of aryl methyl sites for hydroxylation is 1. The Labute approximate surface area is 99.5 Å². The first kappa shape index (κ1) is 13.2. The maximum atomic E-state index is 11.5. The van der Waals surface area contributed by atoms with Crippen LogP contribution in [0.3, 0.4) is 0 Å². The number of nitrogens with zero attached hydrogens (tertiary/aromatic N) is 2. The standard InChI is InChI=1S/C11H16N2O4/c1-4-16-10(14)7-13-6-9(8(3)12-13)11(15)17-5-2/h6H,4-5,7H2,1-3H3. The van der Waals surface area contributed by atoms with Gasteiger partial charge in [-0.05, 0) is 20.8 Å². The molecule has 0 saturated carbocycles. The smallest absolute Gasteiger partial charge is 0.341 e. The van der Waals surface area contributed by atoms with E-state index in [-0.39, 0.29) is 12.5 Å². The molecule has 0 fully saturated rings. The molecule has 0 bridgehead atoms. The molecule has 0 aliphatic rings. The average Bonchev–Trinajstić information content (AvgIpc) is 2.60. The van der Waals surface area contributed by atoms with Gasteiger partial charge in [0.2, 0.25) is 0 Å². The van der Waals surface area contributed by atoms with Crippen LogP contribution in [0.15, 0.2) is 6.20 Å². The summed E-state index contributed by atoms with van der Waals surface area (Å²) in [6, 6.07) is 0. The third-order valence-electron chi connectivity index (χ3n) is 2.04. The van der Waals surface area contributed by atoms with Gasteiger partial charge in [-0.15, -0.1) is 0 Å². The van der Waals surface area contributed by atoms with Crippen molar-refractivity contribution in [2.75, 3.05) is 13.2 Å². The molecule has 0 aliphatic carbocycles. The molecule has 0 saturated heterocycles. The minimum Gasteiger partial charge on any atom is -0.465 e. The van der Waals surface area contributed by atoms with E-state index >= 15 is 0 Å². The van der Waals surface area contributed by atoms with Crippen molar-refractivity contribution in [1.29, 1.82) is 0 Å². The number of rotatable bonds is 5. The number of ether oxygens (including phenoxy) is 2. The Hall–Kier alpha value is -1.85. The Morgan fingerprint density at radius 2 is 1.94 bits per heavy atom. The van der Waals surface area contributed by atoms with E-state index in [4.69, 9.17) is 9.47 Å². The number of hydrogen-bond donors (Lipinski definition) is 0. The van der Waals surface area contributed by atoms with E-state index in [0.717, 1.165) is 0 Å². The van der Waals surface area contributed by atoms with Gasteiger partial charge in [-0.25, -0.2) is 4.79 Å². The fourth-order valence-corrected chi connectivity index (χ4v) is 1.35. The molecule has 1 aromatic heterocycles. The largest absolute Gasteiger partial charge is 0.465 e. The highest BCUT2D eigenvalue weighted by molar-refractivity contribution is 5.90. The fraction of sp³-hybridized carbons (Fsp3) is 0.545. The molecule has 6 heteroatoms. The number of carbonyl (C=O) groups is 2. The van der Waals surface area contributed by atoms with Crippen molar-refractivity contribution in [3.63, 3.8) is 0 Å². The zero-order valence-electron chi connectivity index (χ0n) is 10.2. The molecular weight excluding hydrogens is 224 g/mol. The van der Waals surface area contributed by atoms with Crippen molar-refractivity contribution in [2.45, 2.75) is 27.3 Å². The first-order valence-corrected chi connectivity index (χ1v) is 5.45. The number of carbonyl (C=O) groups excluding carboxylic acids is 2. The van der Waals surface area contributed by atoms with Crippen LogP contribution in [-0.4, -0.2) is 34.9 Å². The molecule has 1 aromatic rings. The van der Waals surface area contributed by atoms with Crippen molar-refractivity contribution >= 4 is 11.9 Å². The zero-order chi connectivity index (χ0) is 12.8. The maximum absolute atomic E-state index is 11.5. The minimum absolute atomic E-state index is 0.00587. The molecule has 0 unspecified atom stereocenters. The summed E-state index contributed by atoms with van der Waals surface area (Å²) in [7, 11) is 0. The normalized spacial score (nSPS) is 10.1. The van der Waals surface area contributed by atoms with Crippen LogP contribution in [0, 0.1) is 6.92 Å². The average molecular weight is 240 g/mol. The van der Waals surface area contributed by atoms with Crippen LogP contribution in [-0.2, 0) is 20.8 Å². The summed E-state index contributed by atoms with van der Waals surface area (Å²) in [5.41, 5.74) is 0.906. The Balaban J connectivity index is 2.74. The van der Waals surface area contributed by atoms with Crippen molar-refractivity contribution in [3.05, 3.63) is 17.5 Å². The molecule has 1 heterocycles. The van der Waals surface area contributed by atoms with E-state index in [1.807, 2.05) is 0 Å². The fourth-order valence-electron chi connectivity index (χ4n) is 1.35. The van der Waals surface area contributed by atoms with Crippen LogP contribution in [0.1, 0.15) is 29.9 Å². The molecule has 0 spiro atoms. The summed E-state index contributed by atoms with van der Waals surface area (Å²) < 4.78 is 11.0. The summed E-state index contributed by atoms with van der Waals surface area (Å²) >= 11 is 0. The molecule has 0 radical (unpaired) electrons. The highest BCUT2D eigenvalue weighted by Crippen LogP contribution is 2.07. The van der Waals surface area contributed by atoms with Crippen molar-refractivity contribution in [2.24, 2.45) is 0 Å². The summed E-state index contributed by atoms with van der Waals surface area (Å²) in [5, 5.41) is 4.05. The van der Waals surface area contributed by atoms with Crippen molar-refractivity contribution in [1.82, 2.24) is 9.78 Å². The molecule has 0 aromatic carbocycles. The van der Waals surface area contributed by atoms with Gasteiger partial charge in [0.15, 0.2) is 0 Å². The summed E-state index contributed by atoms with van der Waals surface area (Å²) in [6.07, 6.45) is 1.49. The van der Waals surface area contributed by atoms with Gasteiger partial charge in [0.25, 0.3) is 0 Å². The van der Waals surface area contributed by atoms with Crippen molar-refractivity contribution in [3.8, 4) is 0 Å². The molecule has 17 heavy (non-hydrogen) atoms. The van der Waals surface area contributed by atoms with Crippen LogP contribution in [0.5, 0.6) is 0 Å². The van der Waals surface area contributed by atoms with E-state index in [9.17, 15) is 9.59 Å². The number of esters is 2. The molecular formula is C11H16N2O4. The van der Waals surface area contributed by atoms with Gasteiger partial charge < -0.3 is 9.47 Å². The second kappa shape index (κ2) is 6.03. The van der Waals surface area contributed by atoms with Crippen LogP contribution in [0.25, 0.3) is 0 Å². The van der Waals surface area contributed by atoms with Crippen molar-refractivity contribution < 1.29 is 19.1 Å². The lowest BCUT2D eigenvalue weighted by Crippen LogP contribution is -2.13. The lowest BCUT2D eigenvalue weighted by Gasteiger charge is -2.01. The lowest BCUT2D eigenvalue weighted by atomic mass is 10.3. The summed E-state index contributed by atoms with van der Waals surface area (Å²) in [5.74, 6) is -0.814. The van der Waals surface area contributed by atoms with Gasteiger partial charge in [0.05, 0.1) is 18.9 Å². The Morgan fingerprint density at radius 1 is 1.29 bits per heavy atom. The van der Waals surface area contributed by atoms with Gasteiger partial charge in [-0.2, -0.15) is 5.10 Å². The first-order valence-electron chi connectivity index (χ1n) is 5.45. The Bertz CT molecular complexity index is 412. The van der Waals surface area contributed by atoms with Crippen LogP contribution < -0.4 is 0 Å². The monoisotopic (exact) mass is 240 g/mol. The van der Waals surface area contributed by atoms with Gasteiger partial charge in [-0.3, -0.25) is 9.48 Å². The molecule has 0 aliphatic heterocycles. The van der Waals surface area contributed by atoms with E-state index in [2.05, 4.69) is 5.10 Å². The zero-order valence-corrected chi connectivity index (χ0v) is 10.2. The van der Waals surface area contributed by atoms with Crippen LogP contribution in [0.4, 0.5) is 0 Å². The second-order valence-corrected chi connectivity index (χ2v) is 3.35. The first-order chi connectivity index (χ1) is 8.08. The summed E-state index contributed by atoms with van der Waals surface area (Å²) in [6.45, 7) is 5.78. The molecule has 0 N–H and O–H groups in total. The summed E-state index contributed by atoms with van der Waals surface area (Å²) in [4.78, 5) is 22.7. The minimum atomic E-state index is -0.430. The molecule has 6 nitrogen and oxygen atoms in total. The third-order valence-corrected chi connectivity index (χ3v) is 2.04. The number of hydrogen-bond acceptors (Lipinski definition) is 5. The quantitative estimate of drug-likeness (QED) is 0.716. The van der Waals surface area contributed by atoms with Gasteiger partial charge in [0, 0.05) is 6.20 Å². The Morgan fingerprint density at radius 3 is 2.53 bits per heavy atom. The van der Waals surface area contributed by atoms with E-state index in [1.54, 1.807) is 20.8 Å². The lowest BCUT2D eigenvalue weighted by molar-refractivity contribution is -0.144. The predicted octanol–water partition coefficient (Wildman–Crippen LogP) is 0.931. The van der Waals surface area contributed by atoms with Crippen LogP contribution in [0.2, 0.25) is 0 Å². The van der Waals surface area contributed by atoms with Crippen LogP contribution >= 0.6 is 0 Å². The molecule has 0 amide bonds. The van der Waals surface area contributed by atoms with Gasteiger partial charge in [0.1, 0.15) is 12.1 Å². The topological polar surface area (TPSA) is 70.4 Å². The Kier molecular flexibility index (Phi) is 4.68. The van der Waals surface area contributed by atoms with Gasteiger partial charge in [-0.1, -0.05) is 0 Å². The second-order valence-electron chi connectivity index (χ2n) is 3.35. The van der Waals surface area contributed by atoms with E-state index in [0.29, 0.717) is 24.5 Å². The van der Waals surface area contributed by atoms with Gasteiger partial charge >= 0.3 is 11.9 Å². The highest BCUT2D eigenvalue weighted by Gasteiger charge is 2.15. The molecule has 1 rings (SSSR count). The predicted molar refractivity (Wildman–Crippen MR) is 59.6 cm³/mol. The number of aromatic nitrogens is 2.